The Labute approximate surface area is 79.2 Å². The SMILES string of the molecule is CC.CC(=O)Nc1ccnc(C)c1. The van der Waals surface area contributed by atoms with Crippen LogP contribution in [-0.4, -0.2) is 10.9 Å². The van der Waals surface area contributed by atoms with Gasteiger partial charge >= 0.3 is 0 Å². The van der Waals surface area contributed by atoms with Crippen molar-refractivity contribution in [3.63, 3.8) is 0 Å². The number of hydrogen-bond donors (Lipinski definition) is 1. The van der Waals surface area contributed by atoms with Crippen LogP contribution in [0, 0.1) is 6.92 Å². The fraction of sp³-hybridized carbons (Fsp3) is 0.400. The number of pyridine rings is 1. The van der Waals surface area contributed by atoms with E-state index in [2.05, 4.69) is 10.3 Å². The fourth-order valence-electron chi connectivity index (χ4n) is 0.827. The van der Waals surface area contributed by atoms with Gasteiger partial charge in [0.15, 0.2) is 0 Å². The predicted octanol–water partition coefficient (Wildman–Crippen LogP) is 2.37. The minimum Gasteiger partial charge on any atom is -0.326 e. The molecule has 0 aliphatic carbocycles. The van der Waals surface area contributed by atoms with Gasteiger partial charge in [0.2, 0.25) is 5.91 Å². The van der Waals surface area contributed by atoms with E-state index >= 15 is 0 Å². The maximum absolute atomic E-state index is 10.6. The number of carbonyl (C=O) groups excluding carboxylic acids is 1. The second kappa shape index (κ2) is 6.17. The Morgan fingerprint density at radius 2 is 2.08 bits per heavy atom. The molecular formula is C10H16N2O. The molecule has 1 aromatic heterocycles. The third-order valence-electron chi connectivity index (χ3n) is 1.22. The molecule has 0 fully saturated rings. The first-order valence-electron chi connectivity index (χ1n) is 4.39. The number of hydrogen-bond acceptors (Lipinski definition) is 2. The molecule has 0 saturated heterocycles. The van der Waals surface area contributed by atoms with Crippen LogP contribution < -0.4 is 5.32 Å². The van der Waals surface area contributed by atoms with Crippen molar-refractivity contribution in [3.05, 3.63) is 24.0 Å². The summed E-state index contributed by atoms with van der Waals surface area (Å²) >= 11 is 0. The number of anilines is 1. The number of nitrogens with zero attached hydrogens (tertiary/aromatic N) is 1. The van der Waals surface area contributed by atoms with E-state index in [1.54, 1.807) is 12.3 Å². The number of aromatic nitrogens is 1. The molecule has 0 saturated carbocycles. The minimum absolute atomic E-state index is 0.0596. The van der Waals surface area contributed by atoms with Crippen LogP contribution in [0.3, 0.4) is 0 Å². The van der Waals surface area contributed by atoms with E-state index in [4.69, 9.17) is 0 Å². The summed E-state index contributed by atoms with van der Waals surface area (Å²) in [5.74, 6) is -0.0596. The first kappa shape index (κ1) is 11.6. The Morgan fingerprint density at radius 1 is 1.46 bits per heavy atom. The molecule has 13 heavy (non-hydrogen) atoms. The van der Waals surface area contributed by atoms with E-state index in [1.165, 1.54) is 6.92 Å². The smallest absolute Gasteiger partial charge is 0.221 e. The number of amides is 1. The molecule has 72 valence electrons. The molecule has 1 heterocycles. The molecular weight excluding hydrogens is 164 g/mol. The van der Waals surface area contributed by atoms with Gasteiger partial charge in [-0.25, -0.2) is 0 Å². The lowest BCUT2D eigenvalue weighted by atomic mass is 10.3. The summed E-state index contributed by atoms with van der Waals surface area (Å²) in [4.78, 5) is 14.6. The van der Waals surface area contributed by atoms with E-state index < -0.39 is 0 Å². The van der Waals surface area contributed by atoms with Gasteiger partial charge < -0.3 is 5.32 Å². The van der Waals surface area contributed by atoms with Gasteiger partial charge in [0.05, 0.1) is 0 Å². The van der Waals surface area contributed by atoms with Crippen molar-refractivity contribution in [2.45, 2.75) is 27.7 Å². The van der Waals surface area contributed by atoms with Crippen LogP contribution in [0.5, 0.6) is 0 Å². The van der Waals surface area contributed by atoms with E-state index in [0.717, 1.165) is 11.4 Å². The monoisotopic (exact) mass is 180 g/mol. The van der Waals surface area contributed by atoms with Gasteiger partial charge in [-0.2, -0.15) is 0 Å². The third-order valence-corrected chi connectivity index (χ3v) is 1.22. The van der Waals surface area contributed by atoms with E-state index in [-0.39, 0.29) is 5.91 Å². The van der Waals surface area contributed by atoms with E-state index in [1.807, 2.05) is 26.8 Å². The lowest BCUT2D eigenvalue weighted by Gasteiger charge is -2.00. The van der Waals surface area contributed by atoms with Crippen LogP contribution in [0.15, 0.2) is 18.3 Å². The topological polar surface area (TPSA) is 42.0 Å². The molecule has 0 aliphatic rings. The van der Waals surface area contributed by atoms with Gasteiger partial charge in [-0.15, -0.1) is 0 Å². The van der Waals surface area contributed by atoms with Crippen LogP contribution in [-0.2, 0) is 4.79 Å². The van der Waals surface area contributed by atoms with E-state index in [9.17, 15) is 4.79 Å². The molecule has 3 heteroatoms. The maximum atomic E-state index is 10.6. The number of rotatable bonds is 1. The molecule has 1 N–H and O–H groups in total. The Hall–Kier alpha value is -1.38. The zero-order chi connectivity index (χ0) is 10.3. The van der Waals surface area contributed by atoms with Crippen molar-refractivity contribution in [1.29, 1.82) is 0 Å². The van der Waals surface area contributed by atoms with Gasteiger partial charge in [-0.05, 0) is 19.1 Å². The van der Waals surface area contributed by atoms with Gasteiger partial charge in [-0.3, -0.25) is 9.78 Å². The highest BCUT2D eigenvalue weighted by Crippen LogP contribution is 2.05. The Morgan fingerprint density at radius 3 is 2.54 bits per heavy atom. The standard InChI is InChI=1S/C8H10N2O.C2H6/c1-6-5-8(3-4-9-6)10-7(2)11;1-2/h3-5H,1-2H3,(H,9,10,11);1-2H3. The molecule has 1 amide bonds. The summed E-state index contributed by atoms with van der Waals surface area (Å²) in [6.07, 6.45) is 1.67. The lowest BCUT2D eigenvalue weighted by Crippen LogP contribution is -2.05. The van der Waals surface area contributed by atoms with Crippen LogP contribution in [0.2, 0.25) is 0 Å². The summed E-state index contributed by atoms with van der Waals surface area (Å²) in [7, 11) is 0. The summed E-state index contributed by atoms with van der Waals surface area (Å²) in [5.41, 5.74) is 1.70. The normalized spacial score (nSPS) is 8.31. The minimum atomic E-state index is -0.0596. The Bertz CT molecular complexity index is 271. The highest BCUT2D eigenvalue weighted by molar-refractivity contribution is 5.88. The van der Waals surface area contributed by atoms with Crippen molar-refractivity contribution in [2.24, 2.45) is 0 Å². The van der Waals surface area contributed by atoms with Gasteiger partial charge in [0, 0.05) is 24.5 Å². The molecule has 1 rings (SSSR count). The molecule has 0 atom stereocenters. The van der Waals surface area contributed by atoms with Gasteiger partial charge in [0.25, 0.3) is 0 Å². The zero-order valence-electron chi connectivity index (χ0n) is 8.59. The molecule has 0 unspecified atom stereocenters. The second-order valence-electron chi connectivity index (χ2n) is 2.37. The van der Waals surface area contributed by atoms with Gasteiger partial charge in [-0.1, -0.05) is 13.8 Å². The van der Waals surface area contributed by atoms with Crippen molar-refractivity contribution in [2.75, 3.05) is 5.32 Å². The Kier molecular flexibility index (Phi) is 5.52. The summed E-state index contributed by atoms with van der Waals surface area (Å²) in [5, 5.41) is 2.67. The van der Waals surface area contributed by atoms with Crippen LogP contribution in [0.25, 0.3) is 0 Å². The first-order valence-corrected chi connectivity index (χ1v) is 4.39. The molecule has 0 spiro atoms. The van der Waals surface area contributed by atoms with E-state index in [0.29, 0.717) is 0 Å². The fourth-order valence-corrected chi connectivity index (χ4v) is 0.827. The molecule has 0 aromatic carbocycles. The summed E-state index contributed by atoms with van der Waals surface area (Å²) in [6.45, 7) is 7.36. The number of carbonyl (C=O) groups is 1. The molecule has 0 radical (unpaired) electrons. The molecule has 1 aromatic rings. The number of aryl methyl sites for hydroxylation is 1. The quantitative estimate of drug-likeness (QED) is 0.721. The largest absolute Gasteiger partial charge is 0.326 e. The highest BCUT2D eigenvalue weighted by atomic mass is 16.1. The van der Waals surface area contributed by atoms with Crippen LogP contribution >= 0.6 is 0 Å². The van der Waals surface area contributed by atoms with Crippen LogP contribution in [0.1, 0.15) is 26.5 Å². The number of nitrogens with one attached hydrogen (secondary N) is 1. The predicted molar refractivity (Wildman–Crippen MR) is 54.6 cm³/mol. The molecule has 0 aliphatic heterocycles. The average Bonchev–Trinajstić information content (AvgIpc) is 2.06. The van der Waals surface area contributed by atoms with Crippen molar-refractivity contribution in [3.8, 4) is 0 Å². The lowest BCUT2D eigenvalue weighted by molar-refractivity contribution is -0.114. The van der Waals surface area contributed by atoms with Crippen molar-refractivity contribution < 1.29 is 4.79 Å². The summed E-state index contributed by atoms with van der Waals surface area (Å²) in [6, 6.07) is 3.58. The Balaban J connectivity index is 0.000000671. The van der Waals surface area contributed by atoms with Gasteiger partial charge in [0.1, 0.15) is 0 Å². The van der Waals surface area contributed by atoms with Crippen molar-refractivity contribution >= 4 is 11.6 Å². The second-order valence-corrected chi connectivity index (χ2v) is 2.37. The average molecular weight is 180 g/mol. The zero-order valence-corrected chi connectivity index (χ0v) is 8.59. The molecule has 0 bridgehead atoms. The maximum Gasteiger partial charge on any atom is 0.221 e. The summed E-state index contributed by atoms with van der Waals surface area (Å²) < 4.78 is 0. The first-order chi connectivity index (χ1) is 6.18. The third kappa shape index (κ3) is 4.95. The van der Waals surface area contributed by atoms with Crippen molar-refractivity contribution in [1.82, 2.24) is 4.98 Å². The van der Waals surface area contributed by atoms with Crippen LogP contribution in [0.4, 0.5) is 5.69 Å². The molecule has 3 nitrogen and oxygen atoms in total. The highest BCUT2D eigenvalue weighted by Gasteiger charge is 1.93.